The summed E-state index contributed by atoms with van der Waals surface area (Å²) < 4.78 is 10.1. The minimum atomic E-state index is -0.667. The third kappa shape index (κ3) is 3.63. The number of hydrogen-bond donors (Lipinski definition) is 1. The maximum atomic E-state index is 12.1. The Morgan fingerprint density at radius 2 is 1.82 bits per heavy atom. The molecule has 0 fully saturated rings. The second kappa shape index (κ2) is 7.59. The number of ether oxygens (including phenoxy) is 2. The Labute approximate surface area is 129 Å². The number of rotatable bonds is 6. The molecule has 1 aromatic rings. The summed E-state index contributed by atoms with van der Waals surface area (Å²) >= 11 is 0. The molecule has 0 saturated carbocycles. The van der Waals surface area contributed by atoms with Crippen molar-refractivity contribution >= 4 is 17.7 Å². The summed E-state index contributed by atoms with van der Waals surface area (Å²) in [6.45, 7) is 4.08. The van der Waals surface area contributed by atoms with E-state index < -0.39 is 17.9 Å². The number of hydrazone groups is 1. The summed E-state index contributed by atoms with van der Waals surface area (Å²) in [4.78, 5) is 23.9. The predicted octanol–water partition coefficient (Wildman–Crippen LogP) is 1.49. The van der Waals surface area contributed by atoms with Crippen LogP contribution in [-0.2, 0) is 19.1 Å². The third-order valence-corrected chi connectivity index (χ3v) is 3.38. The first-order valence-corrected chi connectivity index (χ1v) is 7.38. The Balaban J connectivity index is 2.21. The van der Waals surface area contributed by atoms with Gasteiger partial charge in [-0.05, 0) is 19.4 Å². The lowest BCUT2D eigenvalue weighted by Crippen LogP contribution is -2.40. The van der Waals surface area contributed by atoms with E-state index in [-0.39, 0.29) is 19.0 Å². The van der Waals surface area contributed by atoms with E-state index in [1.807, 2.05) is 30.3 Å². The molecule has 0 spiro atoms. The van der Waals surface area contributed by atoms with Crippen LogP contribution in [0.1, 0.15) is 25.8 Å². The maximum absolute atomic E-state index is 12.1. The molecule has 0 unspecified atom stereocenters. The molecule has 1 heterocycles. The summed E-state index contributed by atoms with van der Waals surface area (Å²) in [7, 11) is 0. The number of nitrogens with zero attached hydrogens (tertiary/aromatic N) is 1. The number of nitrogens with one attached hydrogen (secondary N) is 1. The quantitative estimate of drug-likeness (QED) is 0.806. The zero-order valence-corrected chi connectivity index (χ0v) is 12.7. The Bertz CT molecular complexity index is 557. The first-order valence-electron chi connectivity index (χ1n) is 7.38. The molecule has 0 aliphatic carbocycles. The monoisotopic (exact) mass is 304 g/mol. The van der Waals surface area contributed by atoms with Crippen LogP contribution < -0.4 is 5.43 Å². The van der Waals surface area contributed by atoms with Gasteiger partial charge in [-0.2, -0.15) is 5.10 Å². The van der Waals surface area contributed by atoms with Gasteiger partial charge in [0.05, 0.1) is 25.3 Å². The van der Waals surface area contributed by atoms with Gasteiger partial charge in [-0.1, -0.05) is 30.3 Å². The van der Waals surface area contributed by atoms with Crippen LogP contribution in [0.4, 0.5) is 0 Å². The Morgan fingerprint density at radius 3 is 2.45 bits per heavy atom. The van der Waals surface area contributed by atoms with Crippen LogP contribution >= 0.6 is 0 Å². The fourth-order valence-corrected chi connectivity index (χ4v) is 2.42. The lowest BCUT2D eigenvalue weighted by molar-refractivity contribution is -0.147. The fourth-order valence-electron chi connectivity index (χ4n) is 2.42. The second-order valence-electron chi connectivity index (χ2n) is 4.84. The van der Waals surface area contributed by atoms with E-state index in [1.165, 1.54) is 0 Å². The van der Waals surface area contributed by atoms with Crippen molar-refractivity contribution < 1.29 is 19.1 Å². The van der Waals surface area contributed by atoms with E-state index in [2.05, 4.69) is 10.5 Å². The van der Waals surface area contributed by atoms with Crippen molar-refractivity contribution in [3.05, 3.63) is 35.9 Å². The topological polar surface area (TPSA) is 77.0 Å². The van der Waals surface area contributed by atoms with Crippen molar-refractivity contribution in [3.63, 3.8) is 0 Å². The van der Waals surface area contributed by atoms with E-state index in [9.17, 15) is 9.59 Å². The molecular formula is C16H20N2O4. The highest BCUT2D eigenvalue weighted by Gasteiger charge is 2.39. The summed E-state index contributed by atoms with van der Waals surface area (Å²) in [5, 5.41) is 4.24. The molecule has 2 rings (SSSR count). The van der Waals surface area contributed by atoms with E-state index in [1.54, 1.807) is 13.8 Å². The predicted molar refractivity (Wildman–Crippen MR) is 81.3 cm³/mol. The molecule has 22 heavy (non-hydrogen) atoms. The molecule has 0 amide bonds. The highest BCUT2D eigenvalue weighted by molar-refractivity contribution is 6.07. The van der Waals surface area contributed by atoms with Crippen LogP contribution in [0.2, 0.25) is 0 Å². The van der Waals surface area contributed by atoms with E-state index in [0.717, 1.165) is 5.56 Å². The number of carbonyl (C=O) groups is 2. The van der Waals surface area contributed by atoms with Crippen molar-refractivity contribution in [2.45, 2.75) is 26.3 Å². The molecule has 0 bridgehead atoms. The summed E-state index contributed by atoms with van der Waals surface area (Å²) in [6, 6.07) is 8.79. The van der Waals surface area contributed by atoms with Crippen LogP contribution in [-0.4, -0.2) is 36.9 Å². The van der Waals surface area contributed by atoms with Gasteiger partial charge < -0.3 is 9.47 Å². The van der Waals surface area contributed by atoms with Gasteiger partial charge in [0.15, 0.2) is 6.04 Å². The average Bonchev–Trinajstić information content (AvgIpc) is 2.92. The number of esters is 2. The molecular weight excluding hydrogens is 284 g/mol. The summed E-state index contributed by atoms with van der Waals surface area (Å²) in [6.07, 6.45) is 0.0814. The molecule has 118 valence electrons. The van der Waals surface area contributed by atoms with Gasteiger partial charge in [-0.25, -0.2) is 4.79 Å². The van der Waals surface area contributed by atoms with Gasteiger partial charge in [0.1, 0.15) is 0 Å². The van der Waals surface area contributed by atoms with Crippen molar-refractivity contribution in [3.8, 4) is 0 Å². The van der Waals surface area contributed by atoms with Gasteiger partial charge in [0.25, 0.3) is 0 Å². The van der Waals surface area contributed by atoms with Gasteiger partial charge in [-0.3, -0.25) is 10.2 Å². The lowest BCUT2D eigenvalue weighted by Gasteiger charge is -2.18. The molecule has 1 aliphatic rings. The Morgan fingerprint density at radius 1 is 1.14 bits per heavy atom. The highest BCUT2D eigenvalue weighted by Crippen LogP contribution is 2.23. The normalized spacial score (nSPS) is 20.0. The zero-order valence-electron chi connectivity index (χ0n) is 12.7. The molecule has 2 atom stereocenters. The van der Waals surface area contributed by atoms with Crippen LogP contribution in [0.5, 0.6) is 0 Å². The van der Waals surface area contributed by atoms with Gasteiger partial charge in [-0.15, -0.1) is 0 Å². The first-order chi connectivity index (χ1) is 10.7. The smallest absolute Gasteiger partial charge is 0.330 e. The van der Waals surface area contributed by atoms with E-state index in [4.69, 9.17) is 9.47 Å². The molecule has 6 nitrogen and oxygen atoms in total. The summed E-state index contributed by atoms with van der Waals surface area (Å²) in [5.74, 6) is -1.17. The van der Waals surface area contributed by atoms with Crippen molar-refractivity contribution in [2.75, 3.05) is 13.2 Å². The van der Waals surface area contributed by atoms with Gasteiger partial charge in [0.2, 0.25) is 0 Å². The molecule has 0 radical (unpaired) electrons. The SMILES string of the molecule is CCOC(=O)C[C@H]1C(c2ccccc2)=NN[C@@H]1C(=O)OCC. The minimum absolute atomic E-state index is 0.0814. The summed E-state index contributed by atoms with van der Waals surface area (Å²) in [5.41, 5.74) is 4.34. The molecule has 6 heteroatoms. The number of carbonyl (C=O) groups excluding carboxylic acids is 2. The van der Waals surface area contributed by atoms with E-state index in [0.29, 0.717) is 12.3 Å². The highest BCUT2D eigenvalue weighted by atomic mass is 16.5. The lowest BCUT2D eigenvalue weighted by atomic mass is 9.88. The van der Waals surface area contributed by atoms with Crippen LogP contribution in [0, 0.1) is 5.92 Å². The average molecular weight is 304 g/mol. The minimum Gasteiger partial charge on any atom is -0.466 e. The Hall–Kier alpha value is -2.37. The standard InChI is InChI=1S/C16H20N2O4/c1-3-21-13(19)10-12-14(11-8-6-5-7-9-11)17-18-15(12)16(20)22-4-2/h5-9,12,15,18H,3-4,10H2,1-2H3/t12-,15-/m0/s1. The zero-order chi connectivity index (χ0) is 15.9. The largest absolute Gasteiger partial charge is 0.466 e. The number of hydrogen-bond acceptors (Lipinski definition) is 6. The van der Waals surface area contributed by atoms with Crippen LogP contribution in [0.15, 0.2) is 35.4 Å². The second-order valence-corrected chi connectivity index (χ2v) is 4.84. The van der Waals surface area contributed by atoms with Gasteiger partial charge >= 0.3 is 11.9 Å². The van der Waals surface area contributed by atoms with Crippen molar-refractivity contribution in [1.29, 1.82) is 0 Å². The Kier molecular flexibility index (Phi) is 5.52. The fraction of sp³-hybridized carbons (Fsp3) is 0.438. The molecule has 1 aromatic carbocycles. The van der Waals surface area contributed by atoms with Crippen molar-refractivity contribution in [1.82, 2.24) is 5.43 Å². The van der Waals surface area contributed by atoms with Crippen LogP contribution in [0.3, 0.4) is 0 Å². The van der Waals surface area contributed by atoms with Crippen LogP contribution in [0.25, 0.3) is 0 Å². The molecule has 1 N–H and O–H groups in total. The maximum Gasteiger partial charge on any atom is 0.330 e. The molecule has 1 aliphatic heterocycles. The number of benzene rings is 1. The molecule has 0 saturated heterocycles. The van der Waals surface area contributed by atoms with Crippen molar-refractivity contribution in [2.24, 2.45) is 11.0 Å². The first kappa shape index (κ1) is 16.0. The van der Waals surface area contributed by atoms with E-state index >= 15 is 0 Å². The molecule has 0 aromatic heterocycles. The van der Waals surface area contributed by atoms with Gasteiger partial charge in [0, 0.05) is 5.92 Å². The third-order valence-electron chi connectivity index (χ3n) is 3.38.